The van der Waals surface area contributed by atoms with Crippen LogP contribution in [-0.2, 0) is 19.5 Å². The van der Waals surface area contributed by atoms with Crippen molar-refractivity contribution in [3.63, 3.8) is 0 Å². The minimum atomic E-state index is 1.22. The van der Waals surface area contributed by atoms with Gasteiger partial charge in [0.2, 0.25) is 0 Å². The second-order valence-electron chi connectivity index (χ2n) is 10.6. The summed E-state index contributed by atoms with van der Waals surface area (Å²) in [4.78, 5) is 0. The summed E-state index contributed by atoms with van der Waals surface area (Å²) in [7, 11) is 0. The molecular weight excluding hydrogens is 400 g/mol. The van der Waals surface area contributed by atoms with Gasteiger partial charge in [0.05, 0.1) is 13.1 Å². The van der Waals surface area contributed by atoms with E-state index in [2.05, 4.69) is 42.3 Å². The first-order chi connectivity index (χ1) is 16.3. The summed E-state index contributed by atoms with van der Waals surface area (Å²) in [5.74, 6) is 1.57. The average molecular weight is 462 g/mol. The maximum Gasteiger partial charge on any atom is 0.256 e. The summed E-state index contributed by atoms with van der Waals surface area (Å²) >= 11 is 0. The number of unbranched alkanes of at least 4 members (excludes halogenated alkanes) is 19. The molecule has 0 radical (unpaired) electrons. The lowest BCUT2D eigenvalue weighted by atomic mass is 10.0. The van der Waals surface area contributed by atoms with Gasteiger partial charge in [-0.2, -0.15) is 0 Å². The fourth-order valence-electron chi connectivity index (χ4n) is 5.13. The Morgan fingerprint density at radius 2 is 0.939 bits per heavy atom. The fraction of sp³-hybridized carbons (Fsp3) is 0.903. The van der Waals surface area contributed by atoms with E-state index in [-0.39, 0.29) is 0 Å². The first-order valence-electron chi connectivity index (χ1n) is 15.4. The minimum absolute atomic E-state index is 1.22. The second kappa shape index (κ2) is 23.0. The third-order valence-corrected chi connectivity index (χ3v) is 7.32. The van der Waals surface area contributed by atoms with Gasteiger partial charge in [0, 0.05) is 6.42 Å². The van der Waals surface area contributed by atoms with Crippen molar-refractivity contribution in [3.05, 3.63) is 18.2 Å². The first kappa shape index (κ1) is 30.2. The molecule has 0 N–H and O–H groups in total. The number of aromatic nitrogens is 2. The van der Waals surface area contributed by atoms with Crippen molar-refractivity contribution in [1.29, 1.82) is 0 Å². The molecule has 0 fully saturated rings. The van der Waals surface area contributed by atoms with E-state index in [9.17, 15) is 0 Å². The Bertz CT molecular complexity index is 519. The minimum Gasteiger partial charge on any atom is -0.234 e. The summed E-state index contributed by atoms with van der Waals surface area (Å²) in [5.41, 5.74) is 0. The second-order valence-corrected chi connectivity index (χ2v) is 10.6. The number of imidazole rings is 1. The quantitative estimate of drug-likeness (QED) is 0.101. The Morgan fingerprint density at radius 3 is 1.39 bits per heavy atom. The van der Waals surface area contributed by atoms with Crippen LogP contribution in [0.1, 0.15) is 168 Å². The van der Waals surface area contributed by atoms with Crippen molar-refractivity contribution in [2.45, 2.75) is 182 Å². The lowest BCUT2D eigenvalue weighted by Crippen LogP contribution is -2.37. The average Bonchev–Trinajstić information content (AvgIpc) is 3.20. The highest BCUT2D eigenvalue weighted by molar-refractivity contribution is 4.84. The van der Waals surface area contributed by atoms with Crippen molar-refractivity contribution >= 4 is 0 Å². The predicted octanol–water partition coefficient (Wildman–Crippen LogP) is 9.96. The molecule has 1 aromatic rings. The molecule has 2 heteroatoms. The number of hydrogen-bond donors (Lipinski definition) is 0. The van der Waals surface area contributed by atoms with Crippen molar-refractivity contribution < 1.29 is 4.57 Å². The summed E-state index contributed by atoms with van der Waals surface area (Å²) in [6.07, 6.45) is 37.1. The zero-order valence-electron chi connectivity index (χ0n) is 23.2. The van der Waals surface area contributed by atoms with E-state index in [4.69, 9.17) is 0 Å². The molecule has 2 nitrogen and oxygen atoms in total. The predicted molar refractivity (Wildman–Crippen MR) is 147 cm³/mol. The lowest BCUT2D eigenvalue weighted by molar-refractivity contribution is -0.704. The molecule has 0 aliphatic rings. The van der Waals surface area contributed by atoms with Gasteiger partial charge in [-0.15, -0.1) is 0 Å². The maximum atomic E-state index is 2.56. The van der Waals surface area contributed by atoms with E-state index >= 15 is 0 Å². The molecule has 194 valence electrons. The van der Waals surface area contributed by atoms with Gasteiger partial charge in [0.15, 0.2) is 0 Å². The Hall–Kier alpha value is -0.790. The highest BCUT2D eigenvalue weighted by atomic mass is 15.1. The van der Waals surface area contributed by atoms with Gasteiger partial charge in [0.25, 0.3) is 5.82 Å². The summed E-state index contributed by atoms with van der Waals surface area (Å²) < 4.78 is 5.12. The van der Waals surface area contributed by atoms with Crippen LogP contribution in [0, 0.1) is 0 Å². The van der Waals surface area contributed by atoms with Crippen LogP contribution in [0.2, 0.25) is 0 Å². The van der Waals surface area contributed by atoms with E-state index in [0.717, 1.165) is 0 Å². The monoisotopic (exact) mass is 461 g/mol. The molecule has 0 unspecified atom stereocenters. The highest BCUT2D eigenvalue weighted by Gasteiger charge is 2.15. The van der Waals surface area contributed by atoms with Crippen LogP contribution in [0.4, 0.5) is 0 Å². The number of rotatable bonds is 25. The Labute approximate surface area is 208 Å². The molecular formula is C31H61N2+. The Morgan fingerprint density at radius 1 is 0.515 bits per heavy atom. The number of hydrogen-bond acceptors (Lipinski definition) is 0. The molecule has 1 heterocycles. The van der Waals surface area contributed by atoms with Crippen molar-refractivity contribution in [3.8, 4) is 0 Å². The normalized spacial score (nSPS) is 11.5. The topological polar surface area (TPSA) is 8.81 Å². The fourth-order valence-corrected chi connectivity index (χ4v) is 5.13. The largest absolute Gasteiger partial charge is 0.256 e. The van der Waals surface area contributed by atoms with Gasteiger partial charge in [-0.1, -0.05) is 130 Å². The van der Waals surface area contributed by atoms with Crippen molar-refractivity contribution in [2.75, 3.05) is 0 Å². The van der Waals surface area contributed by atoms with Gasteiger partial charge in [-0.3, -0.25) is 0 Å². The molecule has 0 saturated heterocycles. The van der Waals surface area contributed by atoms with Crippen LogP contribution < -0.4 is 4.57 Å². The third kappa shape index (κ3) is 16.5. The smallest absolute Gasteiger partial charge is 0.234 e. The van der Waals surface area contributed by atoms with Crippen LogP contribution in [0.15, 0.2) is 12.4 Å². The highest BCUT2D eigenvalue weighted by Crippen LogP contribution is 2.13. The van der Waals surface area contributed by atoms with Gasteiger partial charge in [0.1, 0.15) is 12.4 Å². The van der Waals surface area contributed by atoms with Gasteiger partial charge >= 0.3 is 0 Å². The summed E-state index contributed by atoms with van der Waals surface area (Å²) in [5, 5.41) is 0. The van der Waals surface area contributed by atoms with E-state index < -0.39 is 0 Å². The van der Waals surface area contributed by atoms with E-state index in [1.807, 2.05) is 0 Å². The molecule has 0 spiro atoms. The third-order valence-electron chi connectivity index (χ3n) is 7.32. The summed E-state index contributed by atoms with van der Waals surface area (Å²) in [6.45, 7) is 9.36. The maximum absolute atomic E-state index is 2.56. The van der Waals surface area contributed by atoms with Gasteiger partial charge in [-0.05, 0) is 32.1 Å². The van der Waals surface area contributed by atoms with Crippen LogP contribution in [-0.4, -0.2) is 4.57 Å². The molecule has 1 aromatic heterocycles. The molecule has 0 saturated carbocycles. The molecule has 0 bridgehead atoms. The Kier molecular flexibility index (Phi) is 21.1. The molecule has 0 aromatic carbocycles. The molecule has 0 aliphatic carbocycles. The standard InChI is InChI=1S/C31H61N2/c1-4-7-9-11-13-14-15-16-17-18-19-21-23-25-28-33-30-29-32(31(33)26-6-3)27-24-22-20-12-10-8-5-2/h29-30H,4-28H2,1-3H3/q+1. The molecule has 1 rings (SSSR count). The number of nitrogens with zero attached hydrogens (tertiary/aromatic N) is 2. The molecule has 0 aliphatic heterocycles. The van der Waals surface area contributed by atoms with Crippen LogP contribution >= 0.6 is 0 Å². The van der Waals surface area contributed by atoms with Crippen molar-refractivity contribution in [2.24, 2.45) is 0 Å². The van der Waals surface area contributed by atoms with E-state index in [1.54, 1.807) is 5.82 Å². The van der Waals surface area contributed by atoms with E-state index in [0.29, 0.717) is 0 Å². The van der Waals surface area contributed by atoms with Gasteiger partial charge < -0.3 is 0 Å². The molecule has 0 atom stereocenters. The van der Waals surface area contributed by atoms with Crippen LogP contribution in [0.25, 0.3) is 0 Å². The first-order valence-corrected chi connectivity index (χ1v) is 15.4. The van der Waals surface area contributed by atoms with E-state index in [1.165, 1.54) is 161 Å². The zero-order chi connectivity index (χ0) is 23.8. The van der Waals surface area contributed by atoms with Gasteiger partial charge in [-0.25, -0.2) is 9.13 Å². The lowest BCUT2D eigenvalue weighted by Gasteiger charge is -2.06. The zero-order valence-corrected chi connectivity index (χ0v) is 23.2. The number of aryl methyl sites for hydroxylation is 2. The van der Waals surface area contributed by atoms with Crippen LogP contribution in [0.3, 0.4) is 0 Å². The van der Waals surface area contributed by atoms with Crippen LogP contribution in [0.5, 0.6) is 0 Å². The summed E-state index contributed by atoms with van der Waals surface area (Å²) in [6, 6.07) is 0. The molecule has 0 amide bonds. The SMILES string of the molecule is CCCCCCCCCCCCCCCC[n+]1ccn(CCCCCCCCC)c1CCC. The molecule has 33 heavy (non-hydrogen) atoms. The Balaban J connectivity index is 2.06. The van der Waals surface area contributed by atoms with Crippen molar-refractivity contribution in [1.82, 2.24) is 4.57 Å².